The molecule has 0 unspecified atom stereocenters. The van der Waals surface area contributed by atoms with Crippen LogP contribution in [0.25, 0.3) is 0 Å². The molecule has 0 aliphatic rings. The van der Waals surface area contributed by atoms with Crippen molar-refractivity contribution in [3.05, 3.63) is 11.4 Å². The van der Waals surface area contributed by atoms with Gasteiger partial charge in [-0.05, 0) is 20.8 Å². The number of aryl methyl sites for hydroxylation is 1. The van der Waals surface area contributed by atoms with E-state index < -0.39 is 5.60 Å². The third-order valence-electron chi connectivity index (χ3n) is 1.57. The van der Waals surface area contributed by atoms with E-state index in [2.05, 4.69) is 10.2 Å². The highest BCUT2D eigenvalue weighted by Crippen LogP contribution is 2.24. The summed E-state index contributed by atoms with van der Waals surface area (Å²) in [4.78, 5) is 0. The monoisotopic (exact) mass is 155 g/mol. The molecule has 4 heteroatoms. The molecule has 0 amide bonds. The lowest BCUT2D eigenvalue weighted by Crippen LogP contribution is -2.17. The maximum absolute atomic E-state index is 9.52. The summed E-state index contributed by atoms with van der Waals surface area (Å²) >= 11 is 0. The van der Waals surface area contributed by atoms with Crippen LogP contribution >= 0.6 is 0 Å². The summed E-state index contributed by atoms with van der Waals surface area (Å²) in [5.41, 5.74) is 6.51. The van der Waals surface area contributed by atoms with Gasteiger partial charge >= 0.3 is 0 Å². The van der Waals surface area contributed by atoms with Crippen molar-refractivity contribution in [3.8, 4) is 0 Å². The number of nitrogens with one attached hydrogen (secondary N) is 1. The Morgan fingerprint density at radius 1 is 1.55 bits per heavy atom. The number of aromatic nitrogens is 2. The van der Waals surface area contributed by atoms with E-state index in [9.17, 15) is 5.11 Å². The average Bonchev–Trinajstić information content (AvgIpc) is 2.11. The lowest BCUT2D eigenvalue weighted by molar-refractivity contribution is 0.0746. The number of aliphatic hydroxyl groups is 1. The lowest BCUT2D eigenvalue weighted by atomic mass is 10.0. The molecule has 0 saturated heterocycles. The number of hydrogen-bond donors (Lipinski definition) is 3. The highest BCUT2D eigenvalue weighted by atomic mass is 16.3. The quantitative estimate of drug-likeness (QED) is 0.553. The number of nitrogens with two attached hydrogens (primary N) is 1. The molecule has 0 bridgehead atoms. The highest BCUT2D eigenvalue weighted by molar-refractivity contribution is 5.49. The molecule has 4 nitrogen and oxygen atoms in total. The van der Waals surface area contributed by atoms with Crippen molar-refractivity contribution in [1.82, 2.24) is 10.2 Å². The van der Waals surface area contributed by atoms with Crippen LogP contribution in [0.4, 0.5) is 5.69 Å². The molecule has 4 N–H and O–H groups in total. The molecule has 11 heavy (non-hydrogen) atoms. The first kappa shape index (κ1) is 8.07. The van der Waals surface area contributed by atoms with Crippen LogP contribution in [-0.4, -0.2) is 15.3 Å². The zero-order valence-corrected chi connectivity index (χ0v) is 6.97. The summed E-state index contributed by atoms with van der Waals surface area (Å²) in [6.45, 7) is 5.12. The van der Waals surface area contributed by atoms with Gasteiger partial charge in [0.25, 0.3) is 0 Å². The molecule has 1 aromatic rings. The Bertz CT molecular complexity index is 259. The van der Waals surface area contributed by atoms with E-state index in [1.165, 1.54) is 0 Å². The van der Waals surface area contributed by atoms with Crippen molar-refractivity contribution in [1.29, 1.82) is 0 Å². The number of nitrogen functional groups attached to an aromatic ring is 1. The fourth-order valence-electron chi connectivity index (χ4n) is 0.904. The first-order valence-corrected chi connectivity index (χ1v) is 3.46. The van der Waals surface area contributed by atoms with Crippen LogP contribution in [-0.2, 0) is 5.60 Å². The van der Waals surface area contributed by atoms with Gasteiger partial charge in [-0.2, -0.15) is 5.10 Å². The molecule has 62 valence electrons. The Balaban J connectivity index is 3.15. The summed E-state index contributed by atoms with van der Waals surface area (Å²) in [7, 11) is 0. The number of nitrogens with zero attached hydrogens (tertiary/aromatic N) is 1. The van der Waals surface area contributed by atoms with Crippen LogP contribution in [0.15, 0.2) is 0 Å². The van der Waals surface area contributed by atoms with E-state index in [-0.39, 0.29) is 0 Å². The fourth-order valence-corrected chi connectivity index (χ4v) is 0.904. The van der Waals surface area contributed by atoms with E-state index in [0.29, 0.717) is 11.4 Å². The van der Waals surface area contributed by atoms with Crippen molar-refractivity contribution >= 4 is 5.69 Å². The molecule has 1 aromatic heterocycles. The topological polar surface area (TPSA) is 74.9 Å². The standard InChI is InChI=1S/C7H13N3O/c1-4-5(8)6(10-9-4)7(2,3)11/h11H,8H2,1-3H3,(H,9,10). The zero-order chi connectivity index (χ0) is 8.65. The maximum atomic E-state index is 9.52. The Morgan fingerprint density at radius 3 is 2.27 bits per heavy atom. The Kier molecular flexibility index (Phi) is 1.64. The number of rotatable bonds is 1. The molecule has 0 aliphatic carbocycles. The predicted octanol–water partition coefficient (Wildman–Crippen LogP) is 0.528. The van der Waals surface area contributed by atoms with Gasteiger partial charge in [0.2, 0.25) is 0 Å². The van der Waals surface area contributed by atoms with Crippen molar-refractivity contribution in [3.63, 3.8) is 0 Å². The lowest BCUT2D eigenvalue weighted by Gasteiger charge is -2.14. The summed E-state index contributed by atoms with van der Waals surface area (Å²) in [5, 5.41) is 16.1. The first-order chi connectivity index (χ1) is 4.93. The largest absolute Gasteiger partial charge is 0.396 e. The predicted molar refractivity (Wildman–Crippen MR) is 43.0 cm³/mol. The summed E-state index contributed by atoms with van der Waals surface area (Å²) in [6, 6.07) is 0. The van der Waals surface area contributed by atoms with Crippen molar-refractivity contribution in [2.75, 3.05) is 5.73 Å². The molecule has 0 atom stereocenters. The average molecular weight is 155 g/mol. The fraction of sp³-hybridized carbons (Fsp3) is 0.571. The van der Waals surface area contributed by atoms with Crippen LogP contribution in [0.2, 0.25) is 0 Å². The number of aromatic amines is 1. The van der Waals surface area contributed by atoms with E-state index in [1.54, 1.807) is 13.8 Å². The van der Waals surface area contributed by atoms with Crippen LogP contribution in [0.3, 0.4) is 0 Å². The normalized spacial score (nSPS) is 12.0. The van der Waals surface area contributed by atoms with Gasteiger partial charge < -0.3 is 10.8 Å². The molecule has 0 aromatic carbocycles. The maximum Gasteiger partial charge on any atom is 0.116 e. The molecule has 1 rings (SSSR count). The van der Waals surface area contributed by atoms with E-state index in [0.717, 1.165) is 5.69 Å². The van der Waals surface area contributed by atoms with Crippen molar-refractivity contribution in [2.45, 2.75) is 26.4 Å². The number of hydrogen-bond acceptors (Lipinski definition) is 3. The van der Waals surface area contributed by atoms with E-state index in [4.69, 9.17) is 5.73 Å². The van der Waals surface area contributed by atoms with E-state index in [1.807, 2.05) is 6.92 Å². The molecule has 0 aliphatic heterocycles. The number of H-pyrrole nitrogens is 1. The van der Waals surface area contributed by atoms with Gasteiger partial charge in [-0.1, -0.05) is 0 Å². The second-order valence-corrected chi connectivity index (χ2v) is 3.17. The van der Waals surface area contributed by atoms with Gasteiger partial charge in [0.1, 0.15) is 11.3 Å². The Morgan fingerprint density at radius 2 is 2.09 bits per heavy atom. The van der Waals surface area contributed by atoms with Crippen molar-refractivity contribution in [2.24, 2.45) is 0 Å². The minimum Gasteiger partial charge on any atom is -0.396 e. The van der Waals surface area contributed by atoms with Crippen LogP contribution in [0, 0.1) is 6.92 Å². The van der Waals surface area contributed by atoms with Crippen LogP contribution in [0.5, 0.6) is 0 Å². The smallest absolute Gasteiger partial charge is 0.116 e. The molecular weight excluding hydrogens is 142 g/mol. The summed E-state index contributed by atoms with van der Waals surface area (Å²) in [5.74, 6) is 0. The molecule has 1 heterocycles. The molecule has 0 fully saturated rings. The number of anilines is 1. The molecular formula is C7H13N3O. The molecule has 0 radical (unpaired) electrons. The van der Waals surface area contributed by atoms with Gasteiger partial charge in [0, 0.05) is 0 Å². The zero-order valence-electron chi connectivity index (χ0n) is 6.97. The third-order valence-corrected chi connectivity index (χ3v) is 1.57. The molecule has 0 saturated carbocycles. The molecule has 0 spiro atoms. The van der Waals surface area contributed by atoms with E-state index >= 15 is 0 Å². The Hall–Kier alpha value is -1.03. The van der Waals surface area contributed by atoms with Gasteiger partial charge in [0.05, 0.1) is 11.4 Å². The third kappa shape index (κ3) is 1.35. The van der Waals surface area contributed by atoms with Crippen LogP contribution in [0.1, 0.15) is 25.2 Å². The summed E-state index contributed by atoms with van der Waals surface area (Å²) in [6.07, 6.45) is 0. The van der Waals surface area contributed by atoms with Gasteiger partial charge in [0.15, 0.2) is 0 Å². The minimum atomic E-state index is -0.963. The first-order valence-electron chi connectivity index (χ1n) is 3.46. The van der Waals surface area contributed by atoms with Gasteiger partial charge in [-0.15, -0.1) is 0 Å². The Labute approximate surface area is 65.4 Å². The second-order valence-electron chi connectivity index (χ2n) is 3.17. The highest BCUT2D eigenvalue weighted by Gasteiger charge is 2.22. The minimum absolute atomic E-state index is 0.509. The van der Waals surface area contributed by atoms with Gasteiger partial charge in [-0.25, -0.2) is 0 Å². The summed E-state index contributed by atoms with van der Waals surface area (Å²) < 4.78 is 0. The second kappa shape index (κ2) is 2.23. The SMILES string of the molecule is Cc1[nH]nc(C(C)(C)O)c1N. The van der Waals surface area contributed by atoms with Crippen LogP contribution < -0.4 is 5.73 Å². The van der Waals surface area contributed by atoms with Gasteiger partial charge in [-0.3, -0.25) is 5.10 Å². The van der Waals surface area contributed by atoms with Crippen molar-refractivity contribution < 1.29 is 5.11 Å².